The lowest BCUT2D eigenvalue weighted by Gasteiger charge is -1.59. The molecule has 0 spiro atoms. The molecule has 50 valence electrons. The van der Waals surface area contributed by atoms with Gasteiger partial charge in [0.15, 0.2) is 0 Å². The summed E-state index contributed by atoms with van der Waals surface area (Å²) in [6.07, 6.45) is 1.75. The molecule has 0 saturated carbocycles. The normalized spacial score (nSPS) is 4.75. The Hall–Kier alpha value is -0.830. The number of hydrogen-bond acceptors (Lipinski definition) is 2. The van der Waals surface area contributed by atoms with E-state index in [1.807, 2.05) is 6.92 Å². The van der Waals surface area contributed by atoms with Gasteiger partial charge >= 0.3 is 0 Å². The number of carboxylic acids is 1. The van der Waals surface area contributed by atoms with E-state index in [0.29, 0.717) is 0 Å². The molecular formula is C5H13NO2. The highest BCUT2D eigenvalue weighted by Crippen LogP contribution is 1.42. The number of carbonyl (C=O) groups is 1. The fourth-order valence-electron chi connectivity index (χ4n) is 0. The standard InChI is InChI=1S/C3H6.C2H4O2.H3N/c1-3-2;1-2(3)4;/h3H,1H2,2H3;1H3,(H,3,4);1H3. The van der Waals surface area contributed by atoms with Crippen LogP contribution in [0.4, 0.5) is 0 Å². The molecule has 4 N–H and O–H groups in total. The van der Waals surface area contributed by atoms with Crippen molar-refractivity contribution in [2.45, 2.75) is 13.8 Å². The van der Waals surface area contributed by atoms with E-state index in [4.69, 9.17) is 9.90 Å². The summed E-state index contributed by atoms with van der Waals surface area (Å²) in [5.74, 6) is -0.833. The lowest BCUT2D eigenvalue weighted by atomic mass is 10.8. The Morgan fingerprint density at radius 2 is 1.75 bits per heavy atom. The Morgan fingerprint density at radius 3 is 1.75 bits per heavy atom. The molecular weight excluding hydrogens is 106 g/mol. The molecule has 0 aromatic heterocycles. The molecule has 0 aliphatic heterocycles. The van der Waals surface area contributed by atoms with Gasteiger partial charge in [-0.2, -0.15) is 0 Å². The van der Waals surface area contributed by atoms with E-state index in [0.717, 1.165) is 6.92 Å². The highest BCUT2D eigenvalue weighted by molar-refractivity contribution is 5.62. The van der Waals surface area contributed by atoms with Crippen molar-refractivity contribution in [3.63, 3.8) is 0 Å². The van der Waals surface area contributed by atoms with Crippen molar-refractivity contribution in [1.29, 1.82) is 0 Å². The number of carboxylic acid groups (broad SMARTS) is 1. The summed E-state index contributed by atoms with van der Waals surface area (Å²) >= 11 is 0. The Morgan fingerprint density at radius 1 is 1.75 bits per heavy atom. The van der Waals surface area contributed by atoms with Gasteiger partial charge in [-0.25, -0.2) is 0 Å². The number of allylic oxidation sites excluding steroid dienone is 1. The minimum Gasteiger partial charge on any atom is -0.481 e. The van der Waals surface area contributed by atoms with Crippen molar-refractivity contribution < 1.29 is 9.90 Å². The minimum absolute atomic E-state index is 0. The predicted molar refractivity (Wildman–Crippen MR) is 34.2 cm³/mol. The van der Waals surface area contributed by atoms with Crippen LogP contribution in [-0.2, 0) is 4.79 Å². The van der Waals surface area contributed by atoms with Crippen LogP contribution >= 0.6 is 0 Å². The maximum Gasteiger partial charge on any atom is 0.300 e. The van der Waals surface area contributed by atoms with Crippen LogP contribution in [0.5, 0.6) is 0 Å². The summed E-state index contributed by atoms with van der Waals surface area (Å²) in [6, 6.07) is 0. The van der Waals surface area contributed by atoms with Gasteiger partial charge in [0.25, 0.3) is 5.97 Å². The number of hydrogen-bond donors (Lipinski definition) is 2. The summed E-state index contributed by atoms with van der Waals surface area (Å²) in [5, 5.41) is 7.42. The second kappa shape index (κ2) is 16.4. The summed E-state index contributed by atoms with van der Waals surface area (Å²) in [6.45, 7) is 6.33. The van der Waals surface area contributed by atoms with E-state index in [1.165, 1.54) is 0 Å². The summed E-state index contributed by atoms with van der Waals surface area (Å²) < 4.78 is 0. The average Bonchev–Trinajstić information content (AvgIpc) is 1.33. The molecule has 0 rings (SSSR count). The first-order chi connectivity index (χ1) is 3.15. The van der Waals surface area contributed by atoms with E-state index in [9.17, 15) is 0 Å². The monoisotopic (exact) mass is 119 g/mol. The maximum atomic E-state index is 9.00. The molecule has 0 amide bonds. The quantitative estimate of drug-likeness (QED) is 0.474. The van der Waals surface area contributed by atoms with Crippen LogP contribution in [0.1, 0.15) is 13.8 Å². The lowest BCUT2D eigenvalue weighted by Crippen LogP contribution is -1.78. The molecule has 0 aromatic rings. The van der Waals surface area contributed by atoms with Gasteiger partial charge in [0, 0.05) is 6.92 Å². The largest absolute Gasteiger partial charge is 0.481 e. The average molecular weight is 119 g/mol. The summed E-state index contributed by atoms with van der Waals surface area (Å²) in [5.41, 5.74) is 0. The predicted octanol–water partition coefficient (Wildman–Crippen LogP) is 1.45. The lowest BCUT2D eigenvalue weighted by molar-refractivity contribution is -0.134. The van der Waals surface area contributed by atoms with E-state index < -0.39 is 5.97 Å². The number of aliphatic carboxylic acids is 1. The molecule has 0 saturated heterocycles. The molecule has 0 aromatic carbocycles. The molecule has 3 heteroatoms. The van der Waals surface area contributed by atoms with Gasteiger partial charge in [0.2, 0.25) is 0 Å². The van der Waals surface area contributed by atoms with Gasteiger partial charge in [0.05, 0.1) is 0 Å². The summed E-state index contributed by atoms with van der Waals surface area (Å²) in [7, 11) is 0. The first-order valence-corrected chi connectivity index (χ1v) is 1.91. The minimum atomic E-state index is -0.833. The smallest absolute Gasteiger partial charge is 0.300 e. The molecule has 0 atom stereocenters. The van der Waals surface area contributed by atoms with Crippen LogP contribution in [0.3, 0.4) is 0 Å². The van der Waals surface area contributed by atoms with Crippen LogP contribution < -0.4 is 6.15 Å². The van der Waals surface area contributed by atoms with Gasteiger partial charge in [-0.3, -0.25) is 4.79 Å². The molecule has 0 bridgehead atoms. The van der Waals surface area contributed by atoms with Crippen molar-refractivity contribution in [1.82, 2.24) is 6.15 Å². The molecule has 0 unspecified atom stereocenters. The molecule has 0 aliphatic rings. The zero-order chi connectivity index (χ0) is 6.28. The third kappa shape index (κ3) is 130. The zero-order valence-electron chi connectivity index (χ0n) is 5.35. The highest BCUT2D eigenvalue weighted by Gasteiger charge is 1.65. The van der Waals surface area contributed by atoms with Crippen molar-refractivity contribution in [2.24, 2.45) is 0 Å². The number of rotatable bonds is 0. The van der Waals surface area contributed by atoms with E-state index in [2.05, 4.69) is 6.58 Å². The Bertz CT molecular complexity index is 57.4. The molecule has 8 heavy (non-hydrogen) atoms. The molecule has 0 heterocycles. The third-order valence-electron chi connectivity index (χ3n) is 0. The fourth-order valence-corrected chi connectivity index (χ4v) is 0. The van der Waals surface area contributed by atoms with E-state index in [1.54, 1.807) is 6.08 Å². The van der Waals surface area contributed by atoms with Gasteiger partial charge in [0.1, 0.15) is 0 Å². The highest BCUT2D eigenvalue weighted by atomic mass is 16.4. The fraction of sp³-hybridized carbons (Fsp3) is 0.400. The maximum absolute atomic E-state index is 9.00. The second-order valence-corrected chi connectivity index (χ2v) is 0.927. The molecule has 0 aliphatic carbocycles. The molecule has 3 nitrogen and oxygen atoms in total. The zero-order valence-corrected chi connectivity index (χ0v) is 5.35. The Labute approximate surface area is 49.6 Å². The van der Waals surface area contributed by atoms with Crippen molar-refractivity contribution in [2.75, 3.05) is 0 Å². The van der Waals surface area contributed by atoms with E-state index >= 15 is 0 Å². The third-order valence-corrected chi connectivity index (χ3v) is 0. The first kappa shape index (κ1) is 15.7. The van der Waals surface area contributed by atoms with Crippen molar-refractivity contribution in [3.05, 3.63) is 12.7 Å². The van der Waals surface area contributed by atoms with Crippen molar-refractivity contribution in [3.8, 4) is 0 Å². The van der Waals surface area contributed by atoms with Crippen LogP contribution in [-0.4, -0.2) is 11.1 Å². The van der Waals surface area contributed by atoms with Crippen molar-refractivity contribution >= 4 is 5.97 Å². The van der Waals surface area contributed by atoms with Crippen LogP contribution in [0.25, 0.3) is 0 Å². The molecule has 0 fully saturated rings. The Balaban J connectivity index is -0.0000000575. The first-order valence-electron chi connectivity index (χ1n) is 1.91. The van der Waals surface area contributed by atoms with Gasteiger partial charge < -0.3 is 11.3 Å². The summed E-state index contributed by atoms with van der Waals surface area (Å²) in [4.78, 5) is 9.00. The Kier molecular flexibility index (Phi) is 32.2. The SMILES string of the molecule is C=CC.CC(=O)O.N. The second-order valence-electron chi connectivity index (χ2n) is 0.927. The van der Waals surface area contributed by atoms with Crippen LogP contribution in [0, 0.1) is 0 Å². The van der Waals surface area contributed by atoms with Gasteiger partial charge in [-0.1, -0.05) is 6.08 Å². The van der Waals surface area contributed by atoms with E-state index in [-0.39, 0.29) is 6.15 Å². The molecule has 0 radical (unpaired) electrons. The van der Waals surface area contributed by atoms with Crippen LogP contribution in [0.2, 0.25) is 0 Å². The van der Waals surface area contributed by atoms with Gasteiger partial charge in [-0.15, -0.1) is 6.58 Å². The van der Waals surface area contributed by atoms with Crippen LogP contribution in [0.15, 0.2) is 12.7 Å². The van der Waals surface area contributed by atoms with Gasteiger partial charge in [-0.05, 0) is 6.92 Å². The topological polar surface area (TPSA) is 72.3 Å².